The van der Waals surface area contributed by atoms with E-state index < -0.39 is 11.9 Å². The van der Waals surface area contributed by atoms with E-state index in [0.29, 0.717) is 16.5 Å². The Morgan fingerprint density at radius 2 is 1.89 bits per heavy atom. The molecule has 0 radical (unpaired) electrons. The van der Waals surface area contributed by atoms with Crippen LogP contribution < -0.4 is 4.74 Å². The summed E-state index contributed by atoms with van der Waals surface area (Å²) in [6.07, 6.45) is 1.55. The zero-order chi connectivity index (χ0) is 19.5. The predicted octanol–water partition coefficient (Wildman–Crippen LogP) is 4.49. The van der Waals surface area contributed by atoms with Gasteiger partial charge in [0.15, 0.2) is 10.8 Å². The van der Waals surface area contributed by atoms with Crippen molar-refractivity contribution < 1.29 is 23.5 Å². The van der Waals surface area contributed by atoms with Gasteiger partial charge in [0.1, 0.15) is 11.3 Å². The first-order valence-electron chi connectivity index (χ1n) is 8.44. The van der Waals surface area contributed by atoms with Crippen LogP contribution in [0.4, 0.5) is 0 Å². The fourth-order valence-electron chi connectivity index (χ4n) is 2.78. The van der Waals surface area contributed by atoms with Crippen molar-refractivity contribution in [3.63, 3.8) is 0 Å². The van der Waals surface area contributed by atoms with Gasteiger partial charge >= 0.3 is 11.9 Å². The van der Waals surface area contributed by atoms with Crippen LogP contribution >= 0.6 is 11.3 Å². The van der Waals surface area contributed by atoms with Crippen LogP contribution in [0.2, 0.25) is 0 Å². The van der Waals surface area contributed by atoms with Gasteiger partial charge in [-0.3, -0.25) is 4.79 Å². The molecule has 7 heteroatoms. The van der Waals surface area contributed by atoms with Gasteiger partial charge in [0.05, 0.1) is 25.5 Å². The van der Waals surface area contributed by atoms with Crippen molar-refractivity contribution in [1.29, 1.82) is 0 Å². The highest BCUT2D eigenvalue weighted by Gasteiger charge is 2.18. The molecule has 2 aromatic carbocycles. The van der Waals surface area contributed by atoms with Crippen LogP contribution in [0.3, 0.4) is 0 Å². The standard InChI is InChI=1S/C21H15NO5S/c1-25-21(24)16-9-13-5-2-3-6-14(13)10-18(16)27-19(23)11-15-12-28-20(22-15)17-7-4-8-26-17/h2-10,12H,11H2,1H3. The number of thiazole rings is 1. The number of carbonyl (C=O) groups excluding carboxylic acids is 2. The summed E-state index contributed by atoms with van der Waals surface area (Å²) in [5, 5.41) is 4.17. The normalized spacial score (nSPS) is 10.8. The van der Waals surface area contributed by atoms with E-state index in [2.05, 4.69) is 4.98 Å². The lowest BCUT2D eigenvalue weighted by molar-refractivity contribution is -0.133. The average molecular weight is 393 g/mol. The highest BCUT2D eigenvalue weighted by molar-refractivity contribution is 7.13. The summed E-state index contributed by atoms with van der Waals surface area (Å²) in [6, 6.07) is 14.4. The van der Waals surface area contributed by atoms with Gasteiger partial charge in [-0.15, -0.1) is 11.3 Å². The Hall–Kier alpha value is -3.45. The topological polar surface area (TPSA) is 78.6 Å². The molecule has 0 amide bonds. The number of aromatic nitrogens is 1. The Morgan fingerprint density at radius 1 is 1.11 bits per heavy atom. The van der Waals surface area contributed by atoms with Gasteiger partial charge in [-0.25, -0.2) is 9.78 Å². The molecule has 2 heterocycles. The number of benzene rings is 2. The number of hydrogen-bond acceptors (Lipinski definition) is 7. The number of esters is 2. The highest BCUT2D eigenvalue weighted by atomic mass is 32.1. The molecule has 0 unspecified atom stereocenters. The molecule has 0 spiro atoms. The summed E-state index contributed by atoms with van der Waals surface area (Å²) < 4.78 is 15.6. The van der Waals surface area contributed by atoms with Gasteiger partial charge in [-0.05, 0) is 35.0 Å². The molecular formula is C21H15NO5S. The van der Waals surface area contributed by atoms with Crippen molar-refractivity contribution in [2.45, 2.75) is 6.42 Å². The molecule has 2 aromatic heterocycles. The maximum absolute atomic E-state index is 12.4. The van der Waals surface area contributed by atoms with E-state index in [1.54, 1.807) is 35.9 Å². The third-order valence-electron chi connectivity index (χ3n) is 4.09. The summed E-state index contributed by atoms with van der Waals surface area (Å²) in [4.78, 5) is 29.0. The Morgan fingerprint density at radius 3 is 2.61 bits per heavy atom. The maximum atomic E-state index is 12.4. The van der Waals surface area contributed by atoms with E-state index in [4.69, 9.17) is 13.9 Å². The van der Waals surface area contributed by atoms with Crippen LogP contribution in [0.5, 0.6) is 5.75 Å². The van der Waals surface area contributed by atoms with Crippen molar-refractivity contribution in [3.05, 3.63) is 71.4 Å². The molecule has 4 rings (SSSR count). The molecule has 0 aliphatic carbocycles. The number of furan rings is 1. The Labute approximate surface area is 164 Å². The van der Waals surface area contributed by atoms with Crippen LogP contribution in [0, 0.1) is 0 Å². The second kappa shape index (κ2) is 7.66. The van der Waals surface area contributed by atoms with Crippen molar-refractivity contribution in [1.82, 2.24) is 4.98 Å². The number of methoxy groups -OCH3 is 1. The van der Waals surface area contributed by atoms with Crippen molar-refractivity contribution in [2.75, 3.05) is 7.11 Å². The molecule has 0 saturated heterocycles. The monoisotopic (exact) mass is 393 g/mol. The average Bonchev–Trinajstić information content (AvgIpc) is 3.38. The molecule has 4 aromatic rings. The number of rotatable bonds is 5. The fourth-order valence-corrected chi connectivity index (χ4v) is 3.57. The number of nitrogens with zero attached hydrogens (tertiary/aromatic N) is 1. The van der Waals surface area contributed by atoms with Crippen molar-refractivity contribution in [3.8, 4) is 16.5 Å². The lowest BCUT2D eigenvalue weighted by Crippen LogP contribution is -2.14. The number of carbonyl (C=O) groups is 2. The van der Waals surface area contributed by atoms with Crippen molar-refractivity contribution >= 4 is 34.0 Å². The first kappa shape index (κ1) is 17.9. The Kier molecular flexibility index (Phi) is 4.90. The van der Waals surface area contributed by atoms with Gasteiger partial charge in [0, 0.05) is 5.38 Å². The molecule has 0 bridgehead atoms. The molecule has 0 aliphatic rings. The molecule has 6 nitrogen and oxygen atoms in total. The summed E-state index contributed by atoms with van der Waals surface area (Å²) in [5.41, 5.74) is 0.769. The predicted molar refractivity (Wildman–Crippen MR) is 104 cm³/mol. The van der Waals surface area contributed by atoms with E-state index >= 15 is 0 Å². The molecule has 28 heavy (non-hydrogen) atoms. The van der Waals surface area contributed by atoms with Gasteiger partial charge < -0.3 is 13.9 Å². The van der Waals surface area contributed by atoms with Gasteiger partial charge in [-0.1, -0.05) is 24.3 Å². The van der Waals surface area contributed by atoms with Crippen LogP contribution in [-0.2, 0) is 16.0 Å². The minimum absolute atomic E-state index is 0.0232. The van der Waals surface area contributed by atoms with E-state index in [9.17, 15) is 9.59 Å². The quantitative estimate of drug-likeness (QED) is 0.367. The zero-order valence-electron chi connectivity index (χ0n) is 14.9. The van der Waals surface area contributed by atoms with Gasteiger partial charge in [0.2, 0.25) is 0 Å². The molecule has 140 valence electrons. The molecule has 0 saturated carbocycles. The third-order valence-corrected chi connectivity index (χ3v) is 4.99. The minimum Gasteiger partial charge on any atom is -0.465 e. The van der Waals surface area contributed by atoms with Crippen LogP contribution in [-0.4, -0.2) is 24.0 Å². The minimum atomic E-state index is -0.567. The third kappa shape index (κ3) is 3.65. The second-order valence-corrected chi connectivity index (χ2v) is 6.82. The molecule has 0 atom stereocenters. The van der Waals surface area contributed by atoms with Gasteiger partial charge in [-0.2, -0.15) is 0 Å². The van der Waals surface area contributed by atoms with Crippen LogP contribution in [0.1, 0.15) is 16.1 Å². The van der Waals surface area contributed by atoms with Crippen LogP contribution in [0.15, 0.2) is 64.6 Å². The van der Waals surface area contributed by atoms with E-state index in [0.717, 1.165) is 10.8 Å². The Bertz CT molecular complexity index is 1150. The lowest BCUT2D eigenvalue weighted by Gasteiger charge is -2.10. The summed E-state index contributed by atoms with van der Waals surface area (Å²) >= 11 is 1.38. The lowest BCUT2D eigenvalue weighted by atomic mass is 10.1. The summed E-state index contributed by atoms with van der Waals surface area (Å²) in [6.45, 7) is 0. The molecule has 0 aliphatic heterocycles. The second-order valence-electron chi connectivity index (χ2n) is 5.96. The fraction of sp³-hybridized carbons (Fsp3) is 0.0952. The largest absolute Gasteiger partial charge is 0.465 e. The van der Waals surface area contributed by atoms with E-state index in [-0.39, 0.29) is 17.7 Å². The zero-order valence-corrected chi connectivity index (χ0v) is 15.7. The summed E-state index contributed by atoms with van der Waals surface area (Å²) in [7, 11) is 1.29. The van der Waals surface area contributed by atoms with Crippen LogP contribution in [0.25, 0.3) is 21.5 Å². The first-order valence-corrected chi connectivity index (χ1v) is 9.32. The molecular weight excluding hydrogens is 378 g/mol. The highest BCUT2D eigenvalue weighted by Crippen LogP contribution is 2.28. The van der Waals surface area contributed by atoms with E-state index in [1.165, 1.54) is 18.4 Å². The van der Waals surface area contributed by atoms with Gasteiger partial charge in [0.25, 0.3) is 0 Å². The van der Waals surface area contributed by atoms with Crippen molar-refractivity contribution in [2.24, 2.45) is 0 Å². The SMILES string of the molecule is COC(=O)c1cc2ccccc2cc1OC(=O)Cc1csc(-c2ccco2)n1. The Balaban J connectivity index is 1.57. The molecule has 0 N–H and O–H groups in total. The summed E-state index contributed by atoms with van der Waals surface area (Å²) in [5.74, 6) is -0.275. The number of fused-ring (bicyclic) bond motifs is 1. The smallest absolute Gasteiger partial charge is 0.341 e. The number of hydrogen-bond donors (Lipinski definition) is 0. The maximum Gasteiger partial charge on any atom is 0.341 e. The molecule has 0 fully saturated rings. The van der Waals surface area contributed by atoms with E-state index in [1.807, 2.05) is 24.3 Å². The first-order chi connectivity index (χ1) is 13.6. The number of ether oxygens (including phenoxy) is 2.